The van der Waals surface area contributed by atoms with Crippen molar-refractivity contribution in [2.24, 2.45) is 0 Å². The Bertz CT molecular complexity index is 701. The molecule has 0 spiro atoms. The lowest BCUT2D eigenvalue weighted by molar-refractivity contribution is -0.118. The van der Waals surface area contributed by atoms with Gasteiger partial charge in [0.15, 0.2) is 6.61 Å². The van der Waals surface area contributed by atoms with E-state index in [0.29, 0.717) is 15.9 Å². The molecule has 23 heavy (non-hydrogen) atoms. The Balaban J connectivity index is 1.53. The second-order valence-corrected chi connectivity index (χ2v) is 6.64. The molecule has 1 amide bonds. The van der Waals surface area contributed by atoms with Gasteiger partial charge >= 0.3 is 0 Å². The molecular formula is C15H16ClN3O3S. The Labute approximate surface area is 142 Å². The van der Waals surface area contributed by atoms with Crippen LogP contribution in [0.4, 0.5) is 5.13 Å². The molecule has 8 heteroatoms. The highest BCUT2D eigenvalue weighted by molar-refractivity contribution is 7.15. The number of halogens is 1. The van der Waals surface area contributed by atoms with Gasteiger partial charge in [-0.2, -0.15) is 0 Å². The minimum Gasteiger partial charge on any atom is -0.483 e. The molecule has 0 bridgehead atoms. The number of nitrogens with zero attached hydrogens (tertiary/aromatic N) is 2. The molecule has 122 valence electrons. The molecule has 0 aliphatic carbocycles. The molecule has 1 fully saturated rings. The fourth-order valence-electron chi connectivity index (χ4n) is 2.26. The fourth-order valence-corrected chi connectivity index (χ4v) is 3.33. The maximum Gasteiger partial charge on any atom is 0.264 e. The van der Waals surface area contributed by atoms with Crippen LogP contribution in [0, 0.1) is 6.92 Å². The number of aromatic nitrogens is 2. The van der Waals surface area contributed by atoms with Crippen LogP contribution in [-0.2, 0) is 9.53 Å². The van der Waals surface area contributed by atoms with E-state index in [0.717, 1.165) is 30.0 Å². The first-order valence-corrected chi connectivity index (χ1v) is 8.45. The highest BCUT2D eigenvalue weighted by Gasteiger charge is 2.22. The lowest BCUT2D eigenvalue weighted by Gasteiger charge is -2.08. The summed E-state index contributed by atoms with van der Waals surface area (Å²) in [6, 6.07) is 5.25. The molecule has 6 nitrogen and oxygen atoms in total. The van der Waals surface area contributed by atoms with Gasteiger partial charge in [-0.15, -0.1) is 10.2 Å². The van der Waals surface area contributed by atoms with Gasteiger partial charge in [0, 0.05) is 11.6 Å². The SMILES string of the molecule is Cc1cc(Cl)ccc1OCC(=O)Nc1nnc(C2CCCO2)s1. The lowest BCUT2D eigenvalue weighted by Crippen LogP contribution is -2.20. The van der Waals surface area contributed by atoms with Crippen LogP contribution >= 0.6 is 22.9 Å². The average molecular weight is 354 g/mol. The third-order valence-corrected chi connectivity index (χ3v) is 4.55. The number of ether oxygens (including phenoxy) is 2. The van der Waals surface area contributed by atoms with Gasteiger partial charge in [-0.05, 0) is 43.5 Å². The Hall–Kier alpha value is -1.70. The van der Waals surface area contributed by atoms with E-state index in [4.69, 9.17) is 21.1 Å². The first-order valence-electron chi connectivity index (χ1n) is 7.25. The van der Waals surface area contributed by atoms with Crippen LogP contribution in [0.25, 0.3) is 0 Å². The molecule has 1 aliphatic rings. The monoisotopic (exact) mass is 353 g/mol. The van der Waals surface area contributed by atoms with Gasteiger partial charge in [0.25, 0.3) is 5.91 Å². The molecule has 0 radical (unpaired) electrons. The highest BCUT2D eigenvalue weighted by atomic mass is 35.5. The van der Waals surface area contributed by atoms with Crippen molar-refractivity contribution in [1.82, 2.24) is 10.2 Å². The molecule has 1 aromatic carbocycles. The molecule has 2 heterocycles. The first-order chi connectivity index (χ1) is 11.1. The van der Waals surface area contributed by atoms with Crippen LogP contribution in [0.3, 0.4) is 0 Å². The van der Waals surface area contributed by atoms with Crippen molar-refractivity contribution in [3.05, 3.63) is 33.8 Å². The van der Waals surface area contributed by atoms with Crippen LogP contribution in [0.15, 0.2) is 18.2 Å². The summed E-state index contributed by atoms with van der Waals surface area (Å²) in [4.78, 5) is 11.9. The van der Waals surface area contributed by atoms with E-state index in [2.05, 4.69) is 15.5 Å². The van der Waals surface area contributed by atoms with Crippen LogP contribution in [0.2, 0.25) is 5.02 Å². The number of anilines is 1. The minimum absolute atomic E-state index is 0.00567. The van der Waals surface area contributed by atoms with Gasteiger partial charge in [-0.3, -0.25) is 10.1 Å². The normalized spacial score (nSPS) is 17.2. The van der Waals surface area contributed by atoms with Crippen molar-refractivity contribution in [2.75, 3.05) is 18.5 Å². The second-order valence-electron chi connectivity index (χ2n) is 5.19. The average Bonchev–Trinajstić information content (AvgIpc) is 3.17. The van der Waals surface area contributed by atoms with Crippen LogP contribution in [0.5, 0.6) is 5.75 Å². The number of aryl methyl sites for hydroxylation is 1. The highest BCUT2D eigenvalue weighted by Crippen LogP contribution is 2.31. The zero-order chi connectivity index (χ0) is 16.2. The van der Waals surface area contributed by atoms with Crippen LogP contribution in [-0.4, -0.2) is 29.3 Å². The summed E-state index contributed by atoms with van der Waals surface area (Å²) in [7, 11) is 0. The molecule has 2 aromatic rings. The van der Waals surface area contributed by atoms with Crippen molar-refractivity contribution in [2.45, 2.75) is 25.9 Å². The standard InChI is InChI=1S/C15H16ClN3O3S/c1-9-7-10(16)4-5-11(9)22-8-13(20)17-15-19-18-14(23-15)12-3-2-6-21-12/h4-5,7,12H,2-3,6,8H2,1H3,(H,17,19,20). The van der Waals surface area contributed by atoms with Crippen molar-refractivity contribution in [3.63, 3.8) is 0 Å². The summed E-state index contributed by atoms with van der Waals surface area (Å²) >= 11 is 7.22. The zero-order valence-corrected chi connectivity index (χ0v) is 14.1. The first kappa shape index (κ1) is 16.2. The number of carbonyl (C=O) groups is 1. The van der Waals surface area contributed by atoms with Gasteiger partial charge in [0.05, 0.1) is 0 Å². The van der Waals surface area contributed by atoms with Crippen molar-refractivity contribution < 1.29 is 14.3 Å². The summed E-state index contributed by atoms with van der Waals surface area (Å²) in [6.45, 7) is 2.52. The molecule has 1 N–H and O–H groups in total. The number of nitrogens with one attached hydrogen (secondary N) is 1. The van der Waals surface area contributed by atoms with Crippen LogP contribution < -0.4 is 10.1 Å². The molecule has 1 atom stereocenters. The van der Waals surface area contributed by atoms with E-state index >= 15 is 0 Å². The third-order valence-electron chi connectivity index (χ3n) is 3.39. The number of hydrogen-bond donors (Lipinski definition) is 1. The van der Waals surface area contributed by atoms with Crippen LogP contribution in [0.1, 0.15) is 29.5 Å². The van der Waals surface area contributed by atoms with E-state index in [9.17, 15) is 4.79 Å². The van der Waals surface area contributed by atoms with E-state index in [1.807, 2.05) is 6.92 Å². The number of rotatable bonds is 5. The molecule has 0 saturated carbocycles. The topological polar surface area (TPSA) is 73.3 Å². The molecule has 1 aliphatic heterocycles. The minimum atomic E-state index is -0.283. The predicted molar refractivity (Wildman–Crippen MR) is 88.1 cm³/mol. The van der Waals surface area contributed by atoms with Gasteiger partial charge in [0.2, 0.25) is 5.13 Å². The lowest BCUT2D eigenvalue weighted by atomic mass is 10.2. The van der Waals surface area contributed by atoms with Gasteiger partial charge in [-0.1, -0.05) is 22.9 Å². The Morgan fingerprint density at radius 2 is 2.39 bits per heavy atom. The summed E-state index contributed by atoms with van der Waals surface area (Å²) in [5.41, 5.74) is 0.877. The maximum atomic E-state index is 11.9. The largest absolute Gasteiger partial charge is 0.483 e. The Kier molecular flexibility index (Phi) is 5.09. The summed E-state index contributed by atoms with van der Waals surface area (Å²) in [5.74, 6) is 0.344. The van der Waals surface area contributed by atoms with E-state index in [1.54, 1.807) is 18.2 Å². The quantitative estimate of drug-likeness (QED) is 0.892. The molecule has 3 rings (SSSR count). The van der Waals surface area contributed by atoms with Gasteiger partial charge in [0.1, 0.15) is 16.9 Å². The molecular weight excluding hydrogens is 338 g/mol. The third kappa shape index (κ3) is 4.19. The Morgan fingerprint density at radius 1 is 1.52 bits per heavy atom. The smallest absolute Gasteiger partial charge is 0.264 e. The van der Waals surface area contributed by atoms with Gasteiger partial charge < -0.3 is 9.47 Å². The molecule has 1 saturated heterocycles. The molecule has 1 unspecified atom stereocenters. The summed E-state index contributed by atoms with van der Waals surface area (Å²) in [5, 5.41) is 12.6. The summed E-state index contributed by atoms with van der Waals surface area (Å²) in [6.07, 6.45) is 1.98. The molecule has 1 aromatic heterocycles. The Morgan fingerprint density at radius 3 is 3.13 bits per heavy atom. The predicted octanol–water partition coefficient (Wildman–Crippen LogP) is 3.37. The maximum absolute atomic E-state index is 11.9. The van der Waals surface area contributed by atoms with E-state index < -0.39 is 0 Å². The fraction of sp³-hybridized carbons (Fsp3) is 0.400. The summed E-state index contributed by atoms with van der Waals surface area (Å²) < 4.78 is 11.0. The van der Waals surface area contributed by atoms with Crippen molar-refractivity contribution in [1.29, 1.82) is 0 Å². The van der Waals surface area contributed by atoms with E-state index in [-0.39, 0.29) is 18.6 Å². The number of amides is 1. The van der Waals surface area contributed by atoms with Crippen molar-refractivity contribution >= 4 is 34.0 Å². The number of benzene rings is 1. The number of carbonyl (C=O) groups excluding carboxylic acids is 1. The second kappa shape index (κ2) is 7.25. The zero-order valence-electron chi connectivity index (χ0n) is 12.5. The van der Waals surface area contributed by atoms with Crippen molar-refractivity contribution in [3.8, 4) is 5.75 Å². The van der Waals surface area contributed by atoms with E-state index in [1.165, 1.54) is 11.3 Å². The number of hydrogen-bond acceptors (Lipinski definition) is 6. The van der Waals surface area contributed by atoms with Gasteiger partial charge in [-0.25, -0.2) is 0 Å².